The van der Waals surface area contributed by atoms with Gasteiger partial charge < -0.3 is 4.90 Å². The van der Waals surface area contributed by atoms with Gasteiger partial charge in [0.2, 0.25) is 0 Å². The van der Waals surface area contributed by atoms with E-state index in [1.165, 1.54) is 11.3 Å². The Morgan fingerprint density at radius 2 is 1.70 bits per heavy atom. The number of fused-ring (bicyclic) bond motifs is 1. The second-order valence-corrected chi connectivity index (χ2v) is 6.62. The van der Waals surface area contributed by atoms with Crippen molar-refractivity contribution in [3.8, 4) is 0 Å². The number of rotatable bonds is 3. The Labute approximate surface area is 171 Å². The maximum atomic E-state index is 12.6. The molecular formula is C20H24Cl2N4O. The molecule has 0 saturated carbocycles. The summed E-state index contributed by atoms with van der Waals surface area (Å²) in [7, 11) is 0. The van der Waals surface area contributed by atoms with Crippen molar-refractivity contribution in [2.45, 2.75) is 13.6 Å². The van der Waals surface area contributed by atoms with Gasteiger partial charge in [0, 0.05) is 31.9 Å². The molecule has 2 aromatic carbocycles. The van der Waals surface area contributed by atoms with Crippen LogP contribution in [0.15, 0.2) is 59.7 Å². The number of piperazine rings is 1. The van der Waals surface area contributed by atoms with Gasteiger partial charge in [0.1, 0.15) is 0 Å². The summed E-state index contributed by atoms with van der Waals surface area (Å²) in [5.74, 6) is 0. The molecule has 1 aromatic heterocycles. The van der Waals surface area contributed by atoms with Crippen LogP contribution in [-0.4, -0.2) is 40.6 Å². The lowest BCUT2D eigenvalue weighted by molar-refractivity contribution is 0.203. The molecule has 0 bridgehead atoms. The van der Waals surface area contributed by atoms with Gasteiger partial charge in [-0.15, -0.1) is 24.8 Å². The molecule has 0 atom stereocenters. The van der Waals surface area contributed by atoms with Crippen molar-refractivity contribution in [3.63, 3.8) is 0 Å². The molecule has 0 N–H and O–H groups in total. The van der Waals surface area contributed by atoms with Crippen LogP contribution >= 0.6 is 24.8 Å². The van der Waals surface area contributed by atoms with E-state index in [9.17, 15) is 4.79 Å². The molecular weight excluding hydrogens is 383 g/mol. The molecule has 1 aliphatic rings. The minimum absolute atomic E-state index is 0. The zero-order chi connectivity index (χ0) is 17.2. The van der Waals surface area contributed by atoms with Crippen LogP contribution < -0.4 is 10.5 Å². The third-order valence-corrected chi connectivity index (χ3v) is 4.82. The van der Waals surface area contributed by atoms with Crippen LogP contribution in [0.4, 0.5) is 5.69 Å². The number of aryl methyl sites for hydroxylation is 1. The highest BCUT2D eigenvalue weighted by Crippen LogP contribution is 2.18. The Balaban J connectivity index is 0.00000131. The molecule has 3 aromatic rings. The van der Waals surface area contributed by atoms with E-state index in [0.717, 1.165) is 31.7 Å². The number of benzene rings is 2. The van der Waals surface area contributed by atoms with Gasteiger partial charge in [-0.3, -0.25) is 14.3 Å². The van der Waals surface area contributed by atoms with E-state index in [-0.39, 0.29) is 30.4 Å². The van der Waals surface area contributed by atoms with E-state index in [2.05, 4.69) is 46.0 Å². The number of hydrogen-bond donors (Lipinski definition) is 0. The van der Waals surface area contributed by atoms with Crippen LogP contribution in [0, 0.1) is 6.92 Å². The number of para-hydroxylation sites is 1. The van der Waals surface area contributed by atoms with Crippen molar-refractivity contribution in [1.82, 2.24) is 14.5 Å². The Kier molecular flexibility index (Phi) is 7.25. The van der Waals surface area contributed by atoms with Gasteiger partial charge in [-0.1, -0.05) is 24.3 Å². The van der Waals surface area contributed by atoms with Crippen molar-refractivity contribution in [1.29, 1.82) is 0 Å². The van der Waals surface area contributed by atoms with Crippen LogP contribution in [-0.2, 0) is 6.67 Å². The predicted octanol–water partition coefficient (Wildman–Crippen LogP) is 3.33. The topological polar surface area (TPSA) is 41.4 Å². The quantitative estimate of drug-likeness (QED) is 0.668. The molecule has 1 aliphatic heterocycles. The largest absolute Gasteiger partial charge is 0.369 e. The van der Waals surface area contributed by atoms with Gasteiger partial charge in [0.15, 0.2) is 0 Å². The van der Waals surface area contributed by atoms with E-state index < -0.39 is 0 Å². The van der Waals surface area contributed by atoms with Crippen LogP contribution in [0.25, 0.3) is 10.9 Å². The lowest BCUT2D eigenvalue weighted by Crippen LogP contribution is -2.47. The van der Waals surface area contributed by atoms with Crippen molar-refractivity contribution < 1.29 is 0 Å². The first-order valence-corrected chi connectivity index (χ1v) is 8.69. The van der Waals surface area contributed by atoms with Crippen LogP contribution in [0.1, 0.15) is 5.56 Å². The fourth-order valence-corrected chi connectivity index (χ4v) is 3.39. The highest BCUT2D eigenvalue weighted by molar-refractivity contribution is 5.85. The monoisotopic (exact) mass is 406 g/mol. The molecule has 0 spiro atoms. The molecule has 4 rings (SSSR count). The second kappa shape index (κ2) is 9.22. The molecule has 2 heterocycles. The van der Waals surface area contributed by atoms with Crippen LogP contribution in [0.5, 0.6) is 0 Å². The normalized spacial score (nSPS) is 14.5. The van der Waals surface area contributed by atoms with Gasteiger partial charge in [0.05, 0.1) is 23.9 Å². The van der Waals surface area contributed by atoms with E-state index in [1.807, 2.05) is 24.3 Å². The van der Waals surface area contributed by atoms with Crippen LogP contribution in [0.2, 0.25) is 0 Å². The van der Waals surface area contributed by atoms with Gasteiger partial charge >= 0.3 is 0 Å². The minimum Gasteiger partial charge on any atom is -0.369 e. The Bertz CT molecular complexity index is 952. The molecule has 144 valence electrons. The molecule has 0 radical (unpaired) electrons. The summed E-state index contributed by atoms with van der Waals surface area (Å²) >= 11 is 0. The Hall–Kier alpha value is -2.08. The Morgan fingerprint density at radius 1 is 0.963 bits per heavy atom. The standard InChI is InChI=1S/C20H22N4O.2ClH/c1-16-5-4-6-17(13-16)23-11-9-22(10-12-23)15-24-14-21-19-8-3-2-7-18(19)20(24)25;;/h2-8,13-14H,9-12,15H2,1H3;2*1H. The van der Waals surface area contributed by atoms with E-state index in [1.54, 1.807) is 10.9 Å². The van der Waals surface area contributed by atoms with Crippen molar-refractivity contribution in [2.24, 2.45) is 0 Å². The number of hydrogen-bond acceptors (Lipinski definition) is 4. The summed E-state index contributed by atoms with van der Waals surface area (Å²) in [6.45, 7) is 6.54. The number of aromatic nitrogens is 2. The Morgan fingerprint density at radius 3 is 2.44 bits per heavy atom. The molecule has 1 fully saturated rings. The molecule has 5 nitrogen and oxygen atoms in total. The summed E-state index contributed by atoms with van der Waals surface area (Å²) in [6, 6.07) is 16.1. The molecule has 1 saturated heterocycles. The first kappa shape index (κ1) is 21.2. The first-order valence-electron chi connectivity index (χ1n) is 8.69. The molecule has 0 amide bonds. The molecule has 27 heavy (non-hydrogen) atoms. The summed E-state index contributed by atoms with van der Waals surface area (Å²) in [5, 5.41) is 0.684. The predicted molar refractivity (Wildman–Crippen MR) is 115 cm³/mol. The fourth-order valence-electron chi connectivity index (χ4n) is 3.39. The van der Waals surface area contributed by atoms with E-state index in [4.69, 9.17) is 0 Å². The smallest absolute Gasteiger partial charge is 0.262 e. The van der Waals surface area contributed by atoms with Gasteiger partial charge in [-0.2, -0.15) is 0 Å². The van der Waals surface area contributed by atoms with Gasteiger partial charge in [-0.25, -0.2) is 4.98 Å². The number of nitrogens with zero attached hydrogens (tertiary/aromatic N) is 4. The highest BCUT2D eigenvalue weighted by Gasteiger charge is 2.18. The van der Waals surface area contributed by atoms with Crippen molar-refractivity contribution in [2.75, 3.05) is 31.1 Å². The zero-order valence-corrected chi connectivity index (χ0v) is 16.9. The summed E-state index contributed by atoms with van der Waals surface area (Å²) in [6.07, 6.45) is 1.66. The summed E-state index contributed by atoms with van der Waals surface area (Å²) < 4.78 is 1.71. The maximum Gasteiger partial charge on any atom is 0.262 e. The third kappa shape index (κ3) is 4.61. The molecule has 0 unspecified atom stereocenters. The van der Waals surface area contributed by atoms with E-state index >= 15 is 0 Å². The summed E-state index contributed by atoms with van der Waals surface area (Å²) in [5.41, 5.74) is 3.36. The van der Waals surface area contributed by atoms with E-state index in [0.29, 0.717) is 12.1 Å². The highest BCUT2D eigenvalue weighted by atomic mass is 35.5. The third-order valence-electron chi connectivity index (χ3n) is 4.82. The number of anilines is 1. The average Bonchev–Trinajstić information content (AvgIpc) is 2.65. The summed E-state index contributed by atoms with van der Waals surface area (Å²) in [4.78, 5) is 21.7. The van der Waals surface area contributed by atoms with Crippen LogP contribution in [0.3, 0.4) is 0 Å². The van der Waals surface area contributed by atoms with Crippen molar-refractivity contribution >= 4 is 41.4 Å². The minimum atomic E-state index is 0. The fraction of sp³-hybridized carbons (Fsp3) is 0.300. The number of halogens is 2. The van der Waals surface area contributed by atoms with Gasteiger partial charge in [0.25, 0.3) is 5.56 Å². The van der Waals surface area contributed by atoms with Crippen molar-refractivity contribution in [3.05, 3.63) is 70.8 Å². The lowest BCUT2D eigenvalue weighted by Gasteiger charge is -2.36. The first-order chi connectivity index (χ1) is 12.2. The lowest BCUT2D eigenvalue weighted by atomic mass is 10.2. The molecule has 7 heteroatoms. The molecule has 0 aliphatic carbocycles. The second-order valence-electron chi connectivity index (χ2n) is 6.62. The zero-order valence-electron chi connectivity index (χ0n) is 15.2. The maximum absolute atomic E-state index is 12.6. The average molecular weight is 407 g/mol. The SMILES string of the molecule is Cc1cccc(N2CCN(Cn3cnc4ccccc4c3=O)CC2)c1.Cl.Cl. The van der Waals surface area contributed by atoms with Gasteiger partial charge in [-0.05, 0) is 36.8 Å².